The first-order chi connectivity index (χ1) is 11.7. The molecule has 4 heterocycles. The third kappa shape index (κ3) is 2.99. The van der Waals surface area contributed by atoms with Gasteiger partial charge in [-0.15, -0.1) is 10.2 Å². The summed E-state index contributed by atoms with van der Waals surface area (Å²) in [6, 6.07) is 3.54. The number of hydrogen-bond donors (Lipinski definition) is 1. The molecule has 0 unspecified atom stereocenters. The topological polar surface area (TPSA) is 80.2 Å². The van der Waals surface area contributed by atoms with Gasteiger partial charge in [-0.05, 0) is 19.1 Å². The van der Waals surface area contributed by atoms with Crippen molar-refractivity contribution < 1.29 is 9.53 Å². The lowest BCUT2D eigenvalue weighted by molar-refractivity contribution is 0.0939. The Balaban J connectivity index is 1.35. The fraction of sp³-hybridized carbons (Fsp3) is 0.500. The van der Waals surface area contributed by atoms with Crippen molar-refractivity contribution in [2.45, 2.75) is 13.0 Å². The van der Waals surface area contributed by atoms with E-state index < -0.39 is 0 Å². The summed E-state index contributed by atoms with van der Waals surface area (Å²) < 4.78 is 5.94. The van der Waals surface area contributed by atoms with Gasteiger partial charge in [-0.25, -0.2) is 0 Å². The molecule has 4 rings (SSSR count). The van der Waals surface area contributed by atoms with Crippen molar-refractivity contribution in [1.29, 1.82) is 0 Å². The number of rotatable bonds is 4. The lowest BCUT2D eigenvalue weighted by atomic mass is 9.93. The third-order valence-corrected chi connectivity index (χ3v) is 5.57. The molecular weight excluding hydrogens is 326 g/mol. The maximum absolute atomic E-state index is 12.2. The Morgan fingerprint density at radius 1 is 1.46 bits per heavy atom. The predicted octanol–water partition coefficient (Wildman–Crippen LogP) is 1.12. The summed E-state index contributed by atoms with van der Waals surface area (Å²) >= 11 is 1.61. The highest BCUT2D eigenvalue weighted by Crippen LogP contribution is 2.36. The number of hydrogen-bond acceptors (Lipinski definition) is 7. The highest BCUT2D eigenvalue weighted by atomic mass is 32.1. The summed E-state index contributed by atoms with van der Waals surface area (Å²) in [5, 5.41) is 13.3. The van der Waals surface area contributed by atoms with E-state index >= 15 is 0 Å². The number of fused-ring (bicyclic) bond motifs is 1. The number of pyridine rings is 1. The molecule has 7 nitrogen and oxygen atoms in total. The molecule has 8 heteroatoms. The Morgan fingerprint density at radius 2 is 2.38 bits per heavy atom. The zero-order chi connectivity index (χ0) is 16.5. The van der Waals surface area contributed by atoms with E-state index in [4.69, 9.17) is 4.74 Å². The molecule has 2 saturated heterocycles. The van der Waals surface area contributed by atoms with Gasteiger partial charge in [0.15, 0.2) is 0 Å². The lowest BCUT2D eigenvalue weighted by Gasteiger charge is -2.19. The summed E-state index contributed by atoms with van der Waals surface area (Å²) in [6.07, 6.45) is 3.46. The Labute approximate surface area is 144 Å². The second-order valence-electron chi connectivity index (χ2n) is 6.26. The monoisotopic (exact) mass is 345 g/mol. The molecule has 2 aliphatic rings. The minimum Gasteiger partial charge on any atom is -0.376 e. The van der Waals surface area contributed by atoms with Crippen LogP contribution in [0.15, 0.2) is 24.5 Å². The van der Waals surface area contributed by atoms with Crippen LogP contribution in [0.3, 0.4) is 0 Å². The van der Waals surface area contributed by atoms with Crippen LogP contribution in [0.2, 0.25) is 0 Å². The van der Waals surface area contributed by atoms with E-state index in [0.717, 1.165) is 23.2 Å². The average molecular weight is 345 g/mol. The molecule has 126 valence electrons. The van der Waals surface area contributed by atoms with E-state index in [1.807, 2.05) is 6.92 Å². The summed E-state index contributed by atoms with van der Waals surface area (Å²) in [5.74, 6) is 0.666. The predicted molar refractivity (Wildman–Crippen MR) is 90.1 cm³/mol. The van der Waals surface area contributed by atoms with Crippen molar-refractivity contribution in [2.24, 2.45) is 11.8 Å². The highest BCUT2D eigenvalue weighted by molar-refractivity contribution is 7.15. The van der Waals surface area contributed by atoms with Crippen LogP contribution in [0.4, 0.5) is 5.13 Å². The lowest BCUT2D eigenvalue weighted by Crippen LogP contribution is -2.34. The number of ether oxygens (including phenoxy) is 1. The number of aryl methyl sites for hydroxylation is 1. The molecule has 2 aliphatic heterocycles. The van der Waals surface area contributed by atoms with E-state index in [9.17, 15) is 4.79 Å². The van der Waals surface area contributed by atoms with Crippen LogP contribution in [0, 0.1) is 18.8 Å². The van der Waals surface area contributed by atoms with Crippen LogP contribution in [-0.4, -0.2) is 53.4 Å². The summed E-state index contributed by atoms with van der Waals surface area (Å²) in [5.41, 5.74) is 0.588. The zero-order valence-electron chi connectivity index (χ0n) is 13.4. The van der Waals surface area contributed by atoms with Crippen LogP contribution >= 0.6 is 11.3 Å². The molecule has 0 bridgehead atoms. The second-order valence-corrected chi connectivity index (χ2v) is 7.42. The number of carbonyl (C=O) groups is 1. The van der Waals surface area contributed by atoms with E-state index in [0.29, 0.717) is 30.6 Å². The van der Waals surface area contributed by atoms with Gasteiger partial charge in [0.2, 0.25) is 5.13 Å². The van der Waals surface area contributed by atoms with Crippen LogP contribution in [0.1, 0.15) is 15.4 Å². The Kier molecular flexibility index (Phi) is 4.15. The summed E-state index contributed by atoms with van der Waals surface area (Å²) in [7, 11) is 0. The molecule has 0 saturated carbocycles. The smallest absolute Gasteiger partial charge is 0.252 e. The first kappa shape index (κ1) is 15.5. The standard InChI is InChI=1S/C16H19N5O2S/c1-10-19-20-16(24-10)21-7-13-12(9-23-14(13)8-21)6-18-15(22)11-3-2-4-17-5-11/h2-5,12-14H,6-9H2,1H3,(H,18,22)/t12-,13-,14-/m0/s1. The SMILES string of the molecule is Cc1nnc(N2C[C@H]3[C@@H](CNC(=O)c4cccnc4)CO[C@H]3C2)s1. The fourth-order valence-corrected chi connectivity index (χ4v) is 4.11. The molecule has 1 N–H and O–H groups in total. The van der Waals surface area contributed by atoms with Gasteiger partial charge in [0.05, 0.1) is 18.3 Å². The second kappa shape index (κ2) is 6.45. The average Bonchev–Trinajstić information content (AvgIpc) is 3.29. The van der Waals surface area contributed by atoms with E-state index in [1.54, 1.807) is 35.9 Å². The number of carbonyl (C=O) groups excluding carboxylic acids is 1. The van der Waals surface area contributed by atoms with Gasteiger partial charge in [-0.2, -0.15) is 0 Å². The van der Waals surface area contributed by atoms with Crippen molar-refractivity contribution in [3.63, 3.8) is 0 Å². The largest absolute Gasteiger partial charge is 0.376 e. The minimum atomic E-state index is -0.0823. The molecule has 0 spiro atoms. The molecule has 0 aliphatic carbocycles. The van der Waals surface area contributed by atoms with Crippen molar-refractivity contribution in [1.82, 2.24) is 20.5 Å². The molecule has 24 heavy (non-hydrogen) atoms. The van der Waals surface area contributed by atoms with Crippen molar-refractivity contribution >= 4 is 22.4 Å². The number of anilines is 1. The molecule has 2 aromatic heterocycles. The summed E-state index contributed by atoms with van der Waals surface area (Å²) in [6.45, 7) is 5.05. The van der Waals surface area contributed by atoms with Gasteiger partial charge in [0, 0.05) is 43.9 Å². The maximum Gasteiger partial charge on any atom is 0.252 e. The quantitative estimate of drug-likeness (QED) is 0.895. The number of nitrogens with one attached hydrogen (secondary N) is 1. The van der Waals surface area contributed by atoms with Crippen molar-refractivity contribution in [3.8, 4) is 0 Å². The van der Waals surface area contributed by atoms with Gasteiger partial charge < -0.3 is 15.0 Å². The van der Waals surface area contributed by atoms with Crippen molar-refractivity contribution in [3.05, 3.63) is 35.1 Å². The number of nitrogens with zero attached hydrogens (tertiary/aromatic N) is 4. The Morgan fingerprint density at radius 3 is 3.12 bits per heavy atom. The maximum atomic E-state index is 12.2. The van der Waals surface area contributed by atoms with Gasteiger partial charge in [-0.1, -0.05) is 11.3 Å². The normalized spacial score (nSPS) is 25.7. The molecule has 0 radical (unpaired) electrons. The molecule has 0 aromatic carbocycles. The van der Waals surface area contributed by atoms with E-state index in [1.165, 1.54) is 0 Å². The van der Waals surface area contributed by atoms with Crippen molar-refractivity contribution in [2.75, 3.05) is 31.1 Å². The Bertz CT molecular complexity index is 722. The van der Waals surface area contributed by atoms with Crippen LogP contribution < -0.4 is 10.2 Å². The zero-order valence-corrected chi connectivity index (χ0v) is 14.2. The Hall–Kier alpha value is -2.06. The molecular formula is C16H19N5O2S. The third-order valence-electron chi connectivity index (χ3n) is 4.67. The highest BCUT2D eigenvalue weighted by Gasteiger charge is 2.44. The fourth-order valence-electron chi connectivity index (χ4n) is 3.40. The van der Waals surface area contributed by atoms with Gasteiger partial charge in [-0.3, -0.25) is 9.78 Å². The molecule has 2 aromatic rings. The van der Waals surface area contributed by atoms with Gasteiger partial charge in [0.1, 0.15) is 5.01 Å². The van der Waals surface area contributed by atoms with Crippen LogP contribution in [0.5, 0.6) is 0 Å². The number of aromatic nitrogens is 3. The first-order valence-electron chi connectivity index (χ1n) is 8.05. The molecule has 1 amide bonds. The van der Waals surface area contributed by atoms with E-state index in [-0.39, 0.29) is 12.0 Å². The van der Waals surface area contributed by atoms with Gasteiger partial charge >= 0.3 is 0 Å². The minimum absolute atomic E-state index is 0.0823. The van der Waals surface area contributed by atoms with E-state index in [2.05, 4.69) is 25.4 Å². The molecule has 3 atom stereocenters. The molecule has 2 fully saturated rings. The van der Waals surface area contributed by atoms with Crippen LogP contribution in [0.25, 0.3) is 0 Å². The first-order valence-corrected chi connectivity index (χ1v) is 8.87. The summed E-state index contributed by atoms with van der Waals surface area (Å²) in [4.78, 5) is 18.4. The van der Waals surface area contributed by atoms with Crippen LogP contribution in [-0.2, 0) is 4.74 Å². The number of amides is 1. The van der Waals surface area contributed by atoms with Gasteiger partial charge in [0.25, 0.3) is 5.91 Å².